The van der Waals surface area contributed by atoms with Gasteiger partial charge in [0.15, 0.2) is 5.78 Å². The second-order valence-corrected chi connectivity index (χ2v) is 6.95. The van der Waals surface area contributed by atoms with Gasteiger partial charge >= 0.3 is 6.09 Å². The molecule has 0 aliphatic carbocycles. The number of aromatic nitrogens is 2. The van der Waals surface area contributed by atoms with Crippen LogP contribution in [0.3, 0.4) is 0 Å². The third kappa shape index (κ3) is 4.12. The lowest BCUT2D eigenvalue weighted by Crippen LogP contribution is -2.30. The second kappa shape index (κ2) is 8.60. The molecule has 9 nitrogen and oxygen atoms in total. The molecule has 4 rings (SSSR count). The third-order valence-electron chi connectivity index (χ3n) is 4.85. The Bertz CT molecular complexity index is 1320. The molecule has 0 bridgehead atoms. The number of ketones is 1. The molecule has 3 aromatic carbocycles. The standard InChI is InChI=1S/C23H19N5O4/c1-28(23(31)32)22-24-18-12-11-14(13-19(18)25-22)20(29)16-9-5-6-10-17(16)21(30)27-26-15-7-3-2-4-8-15/h2-13,26H,1H3,(H,24,25)(H,27,30)(H,31,32). The smallest absolute Gasteiger partial charge is 0.413 e. The number of rotatable bonds is 6. The van der Waals surface area contributed by atoms with E-state index in [1.165, 1.54) is 7.05 Å². The number of para-hydroxylation sites is 1. The van der Waals surface area contributed by atoms with Crippen molar-refractivity contribution in [1.82, 2.24) is 15.4 Å². The number of nitrogens with one attached hydrogen (secondary N) is 3. The van der Waals surface area contributed by atoms with Crippen LogP contribution in [0.5, 0.6) is 0 Å². The normalized spacial score (nSPS) is 10.5. The van der Waals surface area contributed by atoms with E-state index in [0.29, 0.717) is 22.3 Å². The number of hydrogen-bond acceptors (Lipinski definition) is 5. The molecule has 160 valence electrons. The van der Waals surface area contributed by atoms with Crippen LogP contribution < -0.4 is 15.8 Å². The fourth-order valence-electron chi connectivity index (χ4n) is 3.14. The Balaban J connectivity index is 1.60. The van der Waals surface area contributed by atoms with Crippen LogP contribution in [-0.4, -0.2) is 39.9 Å². The molecule has 32 heavy (non-hydrogen) atoms. The molecule has 4 aromatic rings. The fourth-order valence-corrected chi connectivity index (χ4v) is 3.14. The van der Waals surface area contributed by atoms with Crippen LogP contribution in [0.1, 0.15) is 26.3 Å². The number of anilines is 2. The molecule has 0 fully saturated rings. The minimum atomic E-state index is -1.16. The maximum atomic E-state index is 13.2. The van der Waals surface area contributed by atoms with Crippen molar-refractivity contribution < 1.29 is 19.5 Å². The molecule has 1 aromatic heterocycles. The van der Waals surface area contributed by atoms with Crippen molar-refractivity contribution in [3.8, 4) is 0 Å². The topological polar surface area (TPSA) is 127 Å². The van der Waals surface area contributed by atoms with Gasteiger partial charge in [0, 0.05) is 18.2 Å². The Hall–Kier alpha value is -4.66. The Kier molecular flexibility index (Phi) is 5.54. The lowest BCUT2D eigenvalue weighted by Gasteiger charge is -2.11. The molecule has 0 atom stereocenters. The van der Waals surface area contributed by atoms with E-state index in [1.54, 1.807) is 54.6 Å². The van der Waals surface area contributed by atoms with Gasteiger partial charge in [-0.25, -0.2) is 9.78 Å². The van der Waals surface area contributed by atoms with Gasteiger partial charge in [0.25, 0.3) is 5.91 Å². The zero-order valence-electron chi connectivity index (χ0n) is 17.0. The van der Waals surface area contributed by atoms with Gasteiger partial charge < -0.3 is 10.1 Å². The van der Waals surface area contributed by atoms with Gasteiger partial charge in [0.1, 0.15) is 0 Å². The summed E-state index contributed by atoms with van der Waals surface area (Å²) in [7, 11) is 1.37. The number of carbonyl (C=O) groups is 3. The summed E-state index contributed by atoms with van der Waals surface area (Å²) in [5.41, 5.74) is 7.94. The number of amides is 2. The van der Waals surface area contributed by atoms with E-state index in [-0.39, 0.29) is 22.9 Å². The molecule has 0 saturated carbocycles. The van der Waals surface area contributed by atoms with Crippen molar-refractivity contribution >= 4 is 40.5 Å². The summed E-state index contributed by atoms with van der Waals surface area (Å²) in [6, 6.07) is 20.4. The summed E-state index contributed by atoms with van der Waals surface area (Å²) in [5.74, 6) is -0.658. The van der Waals surface area contributed by atoms with Crippen molar-refractivity contribution in [3.05, 3.63) is 89.5 Å². The predicted octanol–water partition coefficient (Wildman–Crippen LogP) is 3.67. The molecule has 0 saturated heterocycles. The van der Waals surface area contributed by atoms with Crippen LogP contribution in [0, 0.1) is 0 Å². The van der Waals surface area contributed by atoms with E-state index >= 15 is 0 Å². The number of nitrogens with zero attached hydrogens (tertiary/aromatic N) is 2. The molecule has 0 aliphatic rings. The molecule has 0 spiro atoms. The van der Waals surface area contributed by atoms with E-state index in [0.717, 1.165) is 4.90 Å². The molecule has 0 aliphatic heterocycles. The van der Waals surface area contributed by atoms with Crippen LogP contribution in [0.2, 0.25) is 0 Å². The van der Waals surface area contributed by atoms with Crippen LogP contribution in [0.25, 0.3) is 11.0 Å². The fraction of sp³-hybridized carbons (Fsp3) is 0.0435. The molecule has 1 heterocycles. The van der Waals surface area contributed by atoms with Crippen LogP contribution in [0.15, 0.2) is 72.8 Å². The Labute approximate surface area is 182 Å². The molecule has 2 amide bonds. The second-order valence-electron chi connectivity index (χ2n) is 6.95. The highest BCUT2D eigenvalue weighted by molar-refractivity contribution is 6.16. The molecule has 0 unspecified atom stereocenters. The summed E-state index contributed by atoms with van der Waals surface area (Å²) in [6.07, 6.45) is -1.16. The number of H-pyrrole nitrogens is 1. The van der Waals surface area contributed by atoms with Crippen LogP contribution in [0.4, 0.5) is 16.4 Å². The Morgan fingerprint density at radius 1 is 0.938 bits per heavy atom. The average Bonchev–Trinajstić information content (AvgIpc) is 3.25. The first kappa shape index (κ1) is 20.6. The molecular weight excluding hydrogens is 410 g/mol. The molecule has 0 radical (unpaired) electrons. The number of hydrazine groups is 1. The maximum Gasteiger partial charge on any atom is 0.413 e. The first-order valence-corrected chi connectivity index (χ1v) is 9.65. The highest BCUT2D eigenvalue weighted by atomic mass is 16.4. The Morgan fingerprint density at radius 3 is 2.34 bits per heavy atom. The Morgan fingerprint density at radius 2 is 1.62 bits per heavy atom. The lowest BCUT2D eigenvalue weighted by atomic mass is 9.97. The number of carbonyl (C=O) groups excluding carboxylic acids is 2. The van der Waals surface area contributed by atoms with Crippen LogP contribution in [-0.2, 0) is 0 Å². The number of imidazole rings is 1. The van der Waals surface area contributed by atoms with Gasteiger partial charge in [0.05, 0.1) is 22.3 Å². The van der Waals surface area contributed by atoms with Gasteiger partial charge in [-0.3, -0.25) is 25.3 Å². The highest BCUT2D eigenvalue weighted by Gasteiger charge is 2.19. The number of hydrogen-bond donors (Lipinski definition) is 4. The highest BCUT2D eigenvalue weighted by Crippen LogP contribution is 2.21. The summed E-state index contributed by atoms with van der Waals surface area (Å²) >= 11 is 0. The third-order valence-corrected chi connectivity index (χ3v) is 4.85. The van der Waals surface area contributed by atoms with Crippen molar-refractivity contribution in [2.75, 3.05) is 17.4 Å². The minimum Gasteiger partial charge on any atom is -0.465 e. The van der Waals surface area contributed by atoms with Gasteiger partial charge in [-0.2, -0.15) is 0 Å². The van der Waals surface area contributed by atoms with Crippen LogP contribution >= 0.6 is 0 Å². The lowest BCUT2D eigenvalue weighted by molar-refractivity contribution is 0.0950. The number of carboxylic acid groups (broad SMARTS) is 1. The van der Waals surface area contributed by atoms with E-state index in [1.807, 2.05) is 18.2 Å². The average molecular weight is 429 g/mol. The largest absolute Gasteiger partial charge is 0.465 e. The minimum absolute atomic E-state index is 0.142. The monoisotopic (exact) mass is 429 g/mol. The maximum absolute atomic E-state index is 13.2. The zero-order valence-corrected chi connectivity index (χ0v) is 17.0. The summed E-state index contributed by atoms with van der Waals surface area (Å²) in [6.45, 7) is 0. The van der Waals surface area contributed by atoms with Crippen molar-refractivity contribution in [3.63, 3.8) is 0 Å². The van der Waals surface area contributed by atoms with Gasteiger partial charge in [0.2, 0.25) is 5.95 Å². The van der Waals surface area contributed by atoms with E-state index in [9.17, 15) is 14.4 Å². The van der Waals surface area contributed by atoms with Crippen molar-refractivity contribution in [2.45, 2.75) is 0 Å². The van der Waals surface area contributed by atoms with Crippen molar-refractivity contribution in [1.29, 1.82) is 0 Å². The quantitative estimate of drug-likeness (QED) is 0.274. The number of benzene rings is 3. The number of fused-ring (bicyclic) bond motifs is 1. The molecule has 9 heteroatoms. The van der Waals surface area contributed by atoms with E-state index < -0.39 is 12.0 Å². The number of aromatic amines is 1. The predicted molar refractivity (Wildman–Crippen MR) is 120 cm³/mol. The molecular formula is C23H19N5O4. The summed E-state index contributed by atoms with van der Waals surface area (Å²) in [5, 5.41) is 9.12. The van der Waals surface area contributed by atoms with E-state index in [4.69, 9.17) is 5.11 Å². The van der Waals surface area contributed by atoms with Gasteiger partial charge in [-0.05, 0) is 36.4 Å². The molecule has 4 N–H and O–H groups in total. The first-order valence-electron chi connectivity index (χ1n) is 9.65. The summed E-state index contributed by atoms with van der Waals surface area (Å²) in [4.78, 5) is 45.1. The SMILES string of the molecule is CN(C(=O)O)c1nc2ccc(C(=O)c3ccccc3C(=O)NNc3ccccc3)cc2[nH]1. The first-order chi connectivity index (χ1) is 15.4. The van der Waals surface area contributed by atoms with E-state index in [2.05, 4.69) is 20.8 Å². The van der Waals surface area contributed by atoms with Gasteiger partial charge in [-0.1, -0.05) is 36.4 Å². The van der Waals surface area contributed by atoms with Crippen molar-refractivity contribution in [2.24, 2.45) is 0 Å². The summed E-state index contributed by atoms with van der Waals surface area (Å²) < 4.78 is 0. The zero-order chi connectivity index (χ0) is 22.7. The van der Waals surface area contributed by atoms with Gasteiger partial charge in [-0.15, -0.1) is 0 Å².